The van der Waals surface area contributed by atoms with Crippen molar-refractivity contribution in [2.75, 3.05) is 20.3 Å². The number of amides is 1. The van der Waals surface area contributed by atoms with Crippen molar-refractivity contribution in [1.82, 2.24) is 20.0 Å². The molecular weight excluding hydrogens is 480 g/mol. The van der Waals surface area contributed by atoms with E-state index in [0.29, 0.717) is 43.9 Å². The Morgan fingerprint density at radius 1 is 1.05 bits per heavy atom. The number of benzene rings is 2. The second kappa shape index (κ2) is 11.5. The zero-order valence-electron chi connectivity index (χ0n) is 22.0. The van der Waals surface area contributed by atoms with Crippen LogP contribution >= 0.6 is 0 Å². The molecule has 1 amide bonds. The van der Waals surface area contributed by atoms with Gasteiger partial charge in [-0.3, -0.25) is 14.8 Å². The maximum atomic E-state index is 13.6. The molecule has 1 unspecified atom stereocenters. The van der Waals surface area contributed by atoms with Crippen LogP contribution in [0.4, 0.5) is 0 Å². The van der Waals surface area contributed by atoms with E-state index in [1.807, 2.05) is 11.0 Å². The maximum Gasteiger partial charge on any atom is 0.223 e. The number of fused-ring (bicyclic) bond motifs is 1. The highest BCUT2D eigenvalue weighted by Crippen LogP contribution is 2.42. The van der Waals surface area contributed by atoms with Gasteiger partial charge in [-0.15, -0.1) is 0 Å². The van der Waals surface area contributed by atoms with Crippen LogP contribution in [0.2, 0.25) is 0 Å². The van der Waals surface area contributed by atoms with Gasteiger partial charge < -0.3 is 18.9 Å². The monoisotopic (exact) mass is 512 g/mol. The normalized spacial score (nSPS) is 14.7. The summed E-state index contributed by atoms with van der Waals surface area (Å²) in [5, 5.41) is 3.97. The van der Waals surface area contributed by atoms with E-state index < -0.39 is 0 Å². The van der Waals surface area contributed by atoms with E-state index in [4.69, 9.17) is 14.0 Å². The second-order valence-corrected chi connectivity index (χ2v) is 9.59. The fourth-order valence-corrected chi connectivity index (χ4v) is 5.11. The minimum absolute atomic E-state index is 0.0876. The smallest absolute Gasteiger partial charge is 0.223 e. The molecule has 2 aromatic carbocycles. The summed E-state index contributed by atoms with van der Waals surface area (Å²) in [6.07, 6.45) is 8.88. The summed E-state index contributed by atoms with van der Waals surface area (Å²) in [6.45, 7) is 5.25. The van der Waals surface area contributed by atoms with E-state index in [1.54, 1.807) is 31.8 Å². The average Bonchev–Trinajstić information content (AvgIpc) is 3.45. The fourth-order valence-electron chi connectivity index (χ4n) is 5.11. The molecular formula is C30H32N4O4. The average molecular weight is 513 g/mol. The van der Waals surface area contributed by atoms with Crippen LogP contribution in [0, 0.1) is 13.8 Å². The number of methoxy groups -OCH3 is 1. The minimum Gasteiger partial charge on any atom is -0.493 e. The summed E-state index contributed by atoms with van der Waals surface area (Å²) in [6, 6.07) is 12.1. The summed E-state index contributed by atoms with van der Waals surface area (Å²) < 4.78 is 16.9. The van der Waals surface area contributed by atoms with Crippen LogP contribution in [-0.4, -0.2) is 46.2 Å². The Morgan fingerprint density at radius 2 is 1.95 bits per heavy atom. The molecule has 4 aromatic rings. The van der Waals surface area contributed by atoms with E-state index in [9.17, 15) is 4.79 Å². The van der Waals surface area contributed by atoms with E-state index in [0.717, 1.165) is 40.1 Å². The van der Waals surface area contributed by atoms with Gasteiger partial charge in [0, 0.05) is 50.5 Å². The van der Waals surface area contributed by atoms with Crippen LogP contribution in [0.5, 0.6) is 11.5 Å². The summed E-state index contributed by atoms with van der Waals surface area (Å²) in [7, 11) is 1.65. The van der Waals surface area contributed by atoms with E-state index >= 15 is 0 Å². The summed E-state index contributed by atoms with van der Waals surface area (Å²) in [5.74, 6) is 1.43. The molecule has 0 radical (unpaired) electrons. The Hall–Kier alpha value is -4.20. The summed E-state index contributed by atoms with van der Waals surface area (Å²) in [5.41, 5.74) is 7.32. The van der Waals surface area contributed by atoms with Gasteiger partial charge >= 0.3 is 0 Å². The van der Waals surface area contributed by atoms with Crippen molar-refractivity contribution in [2.24, 2.45) is 0 Å². The number of nitrogens with zero attached hydrogens (tertiary/aromatic N) is 4. The minimum atomic E-state index is -0.225. The molecule has 8 heteroatoms. The van der Waals surface area contributed by atoms with Crippen molar-refractivity contribution in [2.45, 2.75) is 45.6 Å². The van der Waals surface area contributed by atoms with Crippen LogP contribution in [0.1, 0.15) is 51.7 Å². The Balaban J connectivity index is 1.47. The predicted octanol–water partition coefficient (Wildman–Crippen LogP) is 4.82. The maximum absolute atomic E-state index is 13.6. The van der Waals surface area contributed by atoms with E-state index in [1.165, 1.54) is 11.8 Å². The molecule has 0 saturated carbocycles. The quantitative estimate of drug-likeness (QED) is 0.318. The Bertz CT molecular complexity index is 1390. The van der Waals surface area contributed by atoms with Crippen molar-refractivity contribution < 1.29 is 18.8 Å². The van der Waals surface area contributed by atoms with Gasteiger partial charge in [-0.05, 0) is 54.7 Å². The molecule has 0 aliphatic carbocycles. The lowest BCUT2D eigenvalue weighted by Gasteiger charge is -2.39. The third-order valence-corrected chi connectivity index (χ3v) is 7.01. The Labute approximate surface area is 222 Å². The number of rotatable bonds is 9. The van der Waals surface area contributed by atoms with E-state index in [2.05, 4.69) is 53.2 Å². The molecule has 0 saturated heterocycles. The predicted molar refractivity (Wildman–Crippen MR) is 142 cm³/mol. The van der Waals surface area contributed by atoms with Gasteiger partial charge in [0.05, 0.1) is 31.1 Å². The molecule has 1 aliphatic rings. The first kappa shape index (κ1) is 25.4. The van der Waals surface area contributed by atoms with Crippen LogP contribution in [0.3, 0.4) is 0 Å². The molecule has 2 aromatic heterocycles. The molecule has 1 atom stereocenters. The largest absolute Gasteiger partial charge is 0.493 e. The van der Waals surface area contributed by atoms with Gasteiger partial charge in [-0.2, -0.15) is 0 Å². The van der Waals surface area contributed by atoms with Crippen molar-refractivity contribution in [1.29, 1.82) is 0 Å². The number of aryl methyl sites for hydroxylation is 3. The topological polar surface area (TPSA) is 90.6 Å². The fraction of sp³-hybridized carbons (Fsp3) is 0.333. The highest BCUT2D eigenvalue weighted by atomic mass is 16.5. The molecule has 38 heavy (non-hydrogen) atoms. The van der Waals surface area contributed by atoms with Gasteiger partial charge in [0.15, 0.2) is 11.5 Å². The molecule has 8 nitrogen and oxygen atoms in total. The van der Waals surface area contributed by atoms with Crippen LogP contribution < -0.4 is 9.47 Å². The lowest BCUT2D eigenvalue weighted by Crippen LogP contribution is -2.41. The second-order valence-electron chi connectivity index (χ2n) is 9.59. The van der Waals surface area contributed by atoms with Gasteiger partial charge in [-0.1, -0.05) is 28.9 Å². The zero-order chi connectivity index (χ0) is 26.5. The molecule has 1 aliphatic heterocycles. The highest BCUT2D eigenvalue weighted by Gasteiger charge is 2.34. The van der Waals surface area contributed by atoms with Crippen LogP contribution in [0.25, 0.3) is 0 Å². The number of hydrogen-bond acceptors (Lipinski definition) is 7. The molecule has 5 rings (SSSR count). The number of hydrogen-bond donors (Lipinski definition) is 0. The van der Waals surface area contributed by atoms with Crippen molar-refractivity contribution in [3.8, 4) is 11.5 Å². The molecule has 0 fully saturated rings. The third kappa shape index (κ3) is 5.54. The van der Waals surface area contributed by atoms with Gasteiger partial charge in [0.1, 0.15) is 6.26 Å². The summed E-state index contributed by atoms with van der Waals surface area (Å²) >= 11 is 0. The number of ether oxygens (including phenoxy) is 2. The standard InChI is InChI=1S/C30H32N4O4/c1-20-4-6-25(21(2)16-20)30-26-18-28(37-14-9-24-19-31-11-12-32-24)27(36-3)17-22(26)8-13-34(30)29(35)7-5-23-10-15-38-33-23/h4,6,10-12,15-19,30H,5,7-9,13-14H2,1-3H3. The molecule has 0 bridgehead atoms. The van der Waals surface area contributed by atoms with E-state index in [-0.39, 0.29) is 11.9 Å². The molecule has 196 valence electrons. The molecule has 0 spiro atoms. The number of carbonyl (C=O) groups is 1. The molecule has 3 heterocycles. The summed E-state index contributed by atoms with van der Waals surface area (Å²) in [4.78, 5) is 24.1. The Kier molecular flexibility index (Phi) is 7.67. The van der Waals surface area contributed by atoms with Crippen LogP contribution in [0.15, 0.2) is 65.8 Å². The van der Waals surface area contributed by atoms with Gasteiger partial charge in [-0.25, -0.2) is 0 Å². The molecule has 0 N–H and O–H groups in total. The first-order valence-corrected chi connectivity index (χ1v) is 12.9. The lowest BCUT2D eigenvalue weighted by molar-refractivity contribution is -0.133. The first-order valence-electron chi connectivity index (χ1n) is 12.9. The van der Waals surface area contributed by atoms with Crippen LogP contribution in [-0.2, 0) is 24.1 Å². The van der Waals surface area contributed by atoms with Gasteiger partial charge in [0.25, 0.3) is 0 Å². The highest BCUT2D eigenvalue weighted by molar-refractivity contribution is 5.78. The van der Waals surface area contributed by atoms with Crippen molar-refractivity contribution in [3.63, 3.8) is 0 Å². The lowest BCUT2D eigenvalue weighted by atomic mass is 9.85. The Morgan fingerprint density at radius 3 is 2.68 bits per heavy atom. The number of aromatic nitrogens is 3. The van der Waals surface area contributed by atoms with Crippen molar-refractivity contribution >= 4 is 5.91 Å². The van der Waals surface area contributed by atoms with Gasteiger partial charge in [0.2, 0.25) is 5.91 Å². The van der Waals surface area contributed by atoms with Crippen molar-refractivity contribution in [3.05, 3.63) is 100 Å². The zero-order valence-corrected chi connectivity index (χ0v) is 22.0. The number of carbonyl (C=O) groups excluding carboxylic acids is 1. The first-order chi connectivity index (χ1) is 18.5. The third-order valence-electron chi connectivity index (χ3n) is 7.01. The SMILES string of the molecule is COc1cc2c(cc1OCCc1cnccn1)C(c1ccc(C)cc1C)N(C(=O)CCc1ccon1)CC2.